The fourth-order valence-corrected chi connectivity index (χ4v) is 2.33. The molecule has 0 aliphatic carbocycles. The van der Waals surface area contributed by atoms with Crippen molar-refractivity contribution in [1.82, 2.24) is 15.7 Å². The van der Waals surface area contributed by atoms with Crippen LogP contribution in [0.1, 0.15) is 11.3 Å². The Balaban J connectivity index is 2.11. The number of hydrazine groups is 1. The topological polar surface area (TPSA) is 104 Å². The highest BCUT2D eigenvalue weighted by Crippen LogP contribution is 2.21. The lowest BCUT2D eigenvalue weighted by molar-refractivity contribution is -0.117. The Morgan fingerprint density at radius 3 is 2.74 bits per heavy atom. The van der Waals surface area contributed by atoms with Gasteiger partial charge >= 0.3 is 0 Å². The van der Waals surface area contributed by atoms with Crippen molar-refractivity contribution in [3.8, 4) is 0 Å². The van der Waals surface area contributed by atoms with Gasteiger partial charge in [-0.15, -0.1) is 0 Å². The number of thiocarbonyl (C=S) groups is 1. The van der Waals surface area contributed by atoms with Crippen molar-refractivity contribution in [1.29, 1.82) is 0 Å². The molecule has 5 N–H and O–H groups in total. The van der Waals surface area contributed by atoms with E-state index >= 15 is 0 Å². The zero-order valence-electron chi connectivity index (χ0n) is 12.0. The monoisotopic (exact) mass is 326 g/mol. The van der Waals surface area contributed by atoms with E-state index in [0.29, 0.717) is 17.1 Å². The Morgan fingerprint density at radius 2 is 2.00 bits per heavy atom. The number of fused-ring (bicyclic) bond motifs is 1. The second kappa shape index (κ2) is 6.51. The van der Waals surface area contributed by atoms with E-state index in [2.05, 4.69) is 26.0 Å². The number of hydrogen-bond donors (Lipinski definition) is 4. The van der Waals surface area contributed by atoms with Crippen LogP contribution in [0.5, 0.6) is 0 Å². The van der Waals surface area contributed by atoms with E-state index in [1.54, 1.807) is 18.3 Å². The molecule has 0 saturated heterocycles. The van der Waals surface area contributed by atoms with Gasteiger partial charge in [0, 0.05) is 11.8 Å². The fourth-order valence-electron chi connectivity index (χ4n) is 2.22. The van der Waals surface area contributed by atoms with Crippen molar-refractivity contribution in [2.24, 2.45) is 10.8 Å². The second-order valence-electron chi connectivity index (χ2n) is 4.75. The molecule has 1 aliphatic rings. The van der Waals surface area contributed by atoms with Gasteiger partial charge in [-0.05, 0) is 24.4 Å². The van der Waals surface area contributed by atoms with Crippen molar-refractivity contribution in [3.05, 3.63) is 59.9 Å². The lowest BCUT2D eigenvalue weighted by Crippen LogP contribution is -2.48. The molecule has 2 heterocycles. The molecular formula is C15H14N6OS. The third kappa shape index (κ3) is 3.17. The summed E-state index contributed by atoms with van der Waals surface area (Å²) in [6.07, 6.45) is 0.742. The van der Waals surface area contributed by atoms with E-state index < -0.39 is 6.17 Å². The van der Waals surface area contributed by atoms with Crippen LogP contribution in [-0.4, -0.2) is 27.9 Å². The molecule has 0 saturated carbocycles. The van der Waals surface area contributed by atoms with Crippen LogP contribution in [0, 0.1) is 0 Å². The maximum absolute atomic E-state index is 12.4. The minimum absolute atomic E-state index is 0.125. The van der Waals surface area contributed by atoms with Gasteiger partial charge in [0.25, 0.3) is 5.91 Å². The predicted molar refractivity (Wildman–Crippen MR) is 91.8 cm³/mol. The van der Waals surface area contributed by atoms with Crippen LogP contribution in [0.3, 0.4) is 0 Å². The molecular weight excluding hydrogens is 312 g/mol. The molecule has 0 bridgehead atoms. The number of pyridine rings is 1. The molecule has 8 heteroatoms. The van der Waals surface area contributed by atoms with Gasteiger partial charge < -0.3 is 16.1 Å². The number of benzene rings is 1. The maximum Gasteiger partial charge on any atom is 0.269 e. The number of aromatic nitrogens is 1. The number of nitrogens with one attached hydrogen (secondary N) is 3. The normalized spacial score (nSPS) is 16.5. The number of hydrogen-bond acceptors (Lipinski definition) is 5. The minimum Gasteiger partial charge on any atom is -0.332 e. The molecule has 0 spiro atoms. The van der Waals surface area contributed by atoms with Crippen LogP contribution in [0.2, 0.25) is 0 Å². The van der Waals surface area contributed by atoms with Gasteiger partial charge in [0.15, 0.2) is 5.11 Å². The van der Waals surface area contributed by atoms with Gasteiger partial charge in [0.1, 0.15) is 5.69 Å². The molecule has 116 valence electrons. The highest BCUT2D eigenvalue weighted by molar-refractivity contribution is 7.80. The van der Waals surface area contributed by atoms with Crippen molar-refractivity contribution in [3.63, 3.8) is 0 Å². The number of carbonyl (C=O) groups is 1. The number of nitrogens with two attached hydrogens (primary N) is 1. The largest absolute Gasteiger partial charge is 0.332 e. The van der Waals surface area contributed by atoms with Gasteiger partial charge in [-0.2, -0.15) is 0 Å². The average Bonchev–Trinajstić information content (AvgIpc) is 2.72. The van der Waals surface area contributed by atoms with Crippen molar-refractivity contribution >= 4 is 34.6 Å². The van der Waals surface area contributed by atoms with Crippen LogP contribution in [0.4, 0.5) is 5.69 Å². The molecule has 0 fully saturated rings. The first kappa shape index (κ1) is 15.1. The molecule has 0 radical (unpaired) electrons. The number of nitrogens with zero attached hydrogens (tertiary/aromatic N) is 2. The zero-order valence-corrected chi connectivity index (χ0v) is 12.8. The number of amides is 1. The Bertz CT molecular complexity index is 777. The molecule has 1 aromatic heterocycles. The van der Waals surface area contributed by atoms with Gasteiger partial charge in [-0.3, -0.25) is 9.78 Å². The van der Waals surface area contributed by atoms with Crippen LogP contribution in [-0.2, 0) is 4.79 Å². The quantitative estimate of drug-likeness (QED) is 0.365. The molecule has 1 atom stereocenters. The molecule has 2 aromatic rings. The molecule has 1 aromatic carbocycles. The van der Waals surface area contributed by atoms with Gasteiger partial charge in [-0.1, -0.05) is 30.3 Å². The van der Waals surface area contributed by atoms with Crippen LogP contribution in [0.15, 0.2) is 53.7 Å². The smallest absolute Gasteiger partial charge is 0.269 e. The first-order valence-electron chi connectivity index (χ1n) is 6.85. The number of anilines is 1. The Labute approximate surface area is 138 Å². The molecule has 3 rings (SSSR count). The van der Waals surface area contributed by atoms with Crippen molar-refractivity contribution in [2.75, 3.05) is 5.32 Å². The summed E-state index contributed by atoms with van der Waals surface area (Å²) in [7, 11) is 0. The standard InChI is InChI=1S/C15H14N6OS/c16-21-15(23)20-13-14(22)18-10-7-4-8-17-12(10)11(19-13)9-5-2-1-3-6-9/h1-8,13H,16H2,(H,18,22)(H2,20,21,23). The van der Waals surface area contributed by atoms with Gasteiger partial charge in [0.05, 0.1) is 11.4 Å². The molecule has 1 unspecified atom stereocenters. The molecule has 1 amide bonds. The predicted octanol–water partition coefficient (Wildman–Crippen LogP) is 0.535. The lowest BCUT2D eigenvalue weighted by Gasteiger charge is -2.14. The number of aliphatic imine (C=N–C) groups is 1. The third-order valence-electron chi connectivity index (χ3n) is 3.24. The Morgan fingerprint density at radius 1 is 1.22 bits per heavy atom. The molecule has 23 heavy (non-hydrogen) atoms. The Hall–Kier alpha value is -2.84. The summed E-state index contributed by atoms with van der Waals surface area (Å²) in [5, 5.41) is 5.68. The van der Waals surface area contributed by atoms with Crippen molar-refractivity contribution in [2.45, 2.75) is 6.17 Å². The van der Waals surface area contributed by atoms with Crippen molar-refractivity contribution < 1.29 is 4.79 Å². The second-order valence-corrected chi connectivity index (χ2v) is 5.16. The van der Waals surface area contributed by atoms with E-state index in [0.717, 1.165) is 5.56 Å². The van der Waals surface area contributed by atoms with Gasteiger partial charge in [0.2, 0.25) is 6.17 Å². The summed E-state index contributed by atoms with van der Waals surface area (Å²) in [4.78, 5) is 21.2. The summed E-state index contributed by atoms with van der Waals surface area (Å²) in [6, 6.07) is 13.0. The summed E-state index contributed by atoms with van der Waals surface area (Å²) in [5.74, 6) is 4.91. The summed E-state index contributed by atoms with van der Waals surface area (Å²) in [5.41, 5.74) is 4.92. The molecule has 1 aliphatic heterocycles. The minimum atomic E-state index is -0.914. The highest BCUT2D eigenvalue weighted by atomic mass is 32.1. The first-order chi connectivity index (χ1) is 11.2. The van der Waals surface area contributed by atoms with E-state index in [1.807, 2.05) is 30.3 Å². The van der Waals surface area contributed by atoms with E-state index in [-0.39, 0.29) is 11.0 Å². The highest BCUT2D eigenvalue weighted by Gasteiger charge is 2.26. The summed E-state index contributed by atoms with van der Waals surface area (Å²) < 4.78 is 0. The average molecular weight is 326 g/mol. The SMILES string of the molecule is NNC(=S)NC1N=C(c2ccccc2)c2ncccc2NC1=O. The van der Waals surface area contributed by atoms with E-state index in [1.165, 1.54) is 0 Å². The molecule has 7 nitrogen and oxygen atoms in total. The number of carbonyl (C=O) groups excluding carboxylic acids is 1. The summed E-state index contributed by atoms with van der Waals surface area (Å²) in [6.45, 7) is 0. The fraction of sp³-hybridized carbons (Fsp3) is 0.0667. The van der Waals surface area contributed by atoms with Crippen LogP contribution >= 0.6 is 12.2 Å². The van der Waals surface area contributed by atoms with Crippen LogP contribution in [0.25, 0.3) is 0 Å². The van der Waals surface area contributed by atoms with E-state index in [9.17, 15) is 4.79 Å². The maximum atomic E-state index is 12.4. The zero-order chi connectivity index (χ0) is 16.2. The van der Waals surface area contributed by atoms with Crippen LogP contribution < -0.4 is 21.9 Å². The van der Waals surface area contributed by atoms with E-state index in [4.69, 9.17) is 18.1 Å². The summed E-state index contributed by atoms with van der Waals surface area (Å²) >= 11 is 4.96. The third-order valence-corrected chi connectivity index (χ3v) is 3.48. The van der Waals surface area contributed by atoms with Gasteiger partial charge in [-0.25, -0.2) is 10.8 Å². The first-order valence-corrected chi connectivity index (χ1v) is 7.26. The lowest BCUT2D eigenvalue weighted by atomic mass is 10.1. The Kier molecular flexibility index (Phi) is 4.26. The number of rotatable bonds is 2.